The molecule has 2 fully saturated rings. The monoisotopic (exact) mass is 302 g/mol. The first kappa shape index (κ1) is 15.7. The highest BCUT2D eigenvalue weighted by atomic mass is 16.5. The van der Waals surface area contributed by atoms with E-state index in [-0.39, 0.29) is 23.9 Å². The quantitative estimate of drug-likeness (QED) is 0.930. The van der Waals surface area contributed by atoms with Crippen molar-refractivity contribution in [1.82, 2.24) is 0 Å². The van der Waals surface area contributed by atoms with E-state index in [0.29, 0.717) is 43.7 Å². The van der Waals surface area contributed by atoms with Crippen LogP contribution in [0.4, 0.5) is 0 Å². The van der Waals surface area contributed by atoms with Crippen LogP contribution >= 0.6 is 0 Å². The Morgan fingerprint density at radius 3 is 2.68 bits per heavy atom. The van der Waals surface area contributed by atoms with E-state index in [9.17, 15) is 9.90 Å². The topological polar surface area (TPSA) is 46.5 Å². The summed E-state index contributed by atoms with van der Waals surface area (Å²) in [6, 6.07) is 10.1. The number of carbonyl (C=O) groups excluding carboxylic acids is 1. The number of ether oxygens (including phenoxy) is 1. The smallest absolute Gasteiger partial charge is 0.136 e. The van der Waals surface area contributed by atoms with Crippen molar-refractivity contribution in [2.24, 2.45) is 29.6 Å². The molecule has 0 saturated heterocycles. The van der Waals surface area contributed by atoms with Gasteiger partial charge in [-0.25, -0.2) is 0 Å². The van der Waals surface area contributed by atoms with Crippen molar-refractivity contribution < 1.29 is 14.6 Å². The Morgan fingerprint density at radius 2 is 1.95 bits per heavy atom. The molecule has 0 bridgehead atoms. The van der Waals surface area contributed by atoms with Gasteiger partial charge in [-0.1, -0.05) is 44.2 Å². The van der Waals surface area contributed by atoms with E-state index in [2.05, 4.69) is 26.0 Å². The SMILES string of the molecule is C[C@H]1[C@H](COCc2ccccc2)[C@@H]2[C@@H](C)CC(=O)[C@@H]2C[C@H]1O. The molecular weight excluding hydrogens is 276 g/mol. The minimum absolute atomic E-state index is 0.0477. The van der Waals surface area contributed by atoms with E-state index < -0.39 is 0 Å². The largest absolute Gasteiger partial charge is 0.393 e. The van der Waals surface area contributed by atoms with Gasteiger partial charge in [0, 0.05) is 12.3 Å². The Kier molecular flexibility index (Phi) is 4.65. The number of carbonyl (C=O) groups is 1. The molecule has 0 heterocycles. The fourth-order valence-electron chi connectivity index (χ4n) is 4.49. The molecule has 0 aliphatic heterocycles. The Bertz CT molecular complexity index is 513. The number of hydrogen-bond donors (Lipinski definition) is 1. The molecule has 0 aromatic heterocycles. The molecule has 0 amide bonds. The van der Waals surface area contributed by atoms with Crippen molar-refractivity contribution in [3.63, 3.8) is 0 Å². The van der Waals surface area contributed by atoms with E-state index in [0.717, 1.165) is 0 Å². The number of aliphatic hydroxyl groups excluding tert-OH is 1. The molecule has 0 unspecified atom stereocenters. The van der Waals surface area contributed by atoms with E-state index in [1.807, 2.05) is 18.2 Å². The Morgan fingerprint density at radius 1 is 1.23 bits per heavy atom. The van der Waals surface area contributed by atoms with Gasteiger partial charge in [0.1, 0.15) is 5.78 Å². The lowest BCUT2D eigenvalue weighted by molar-refractivity contribution is -0.127. The van der Waals surface area contributed by atoms with Crippen LogP contribution in [0, 0.1) is 29.6 Å². The zero-order chi connectivity index (χ0) is 15.7. The van der Waals surface area contributed by atoms with Crippen LogP contribution in [-0.4, -0.2) is 23.6 Å². The molecule has 0 spiro atoms. The lowest BCUT2D eigenvalue weighted by Gasteiger charge is -2.42. The number of ketones is 1. The van der Waals surface area contributed by atoms with Crippen LogP contribution in [0.5, 0.6) is 0 Å². The van der Waals surface area contributed by atoms with Gasteiger partial charge < -0.3 is 9.84 Å². The molecule has 1 N–H and O–H groups in total. The first-order valence-electron chi connectivity index (χ1n) is 8.40. The van der Waals surface area contributed by atoms with Gasteiger partial charge in [0.05, 0.1) is 19.3 Å². The third-order valence-corrected chi connectivity index (χ3v) is 5.75. The maximum absolute atomic E-state index is 12.2. The van der Waals surface area contributed by atoms with Gasteiger partial charge in [-0.3, -0.25) is 4.79 Å². The molecule has 22 heavy (non-hydrogen) atoms. The lowest BCUT2D eigenvalue weighted by Crippen LogP contribution is -2.44. The van der Waals surface area contributed by atoms with E-state index in [4.69, 9.17) is 4.74 Å². The molecule has 1 aromatic rings. The first-order valence-corrected chi connectivity index (χ1v) is 8.40. The van der Waals surface area contributed by atoms with Gasteiger partial charge >= 0.3 is 0 Å². The van der Waals surface area contributed by atoms with Crippen LogP contribution in [0.1, 0.15) is 32.3 Å². The molecule has 3 heteroatoms. The fourth-order valence-corrected chi connectivity index (χ4v) is 4.49. The number of rotatable bonds is 4. The zero-order valence-electron chi connectivity index (χ0n) is 13.4. The van der Waals surface area contributed by atoms with Crippen molar-refractivity contribution in [3.05, 3.63) is 35.9 Å². The number of benzene rings is 1. The maximum Gasteiger partial charge on any atom is 0.136 e. The molecule has 2 aliphatic carbocycles. The Balaban J connectivity index is 1.66. The predicted octanol–water partition coefficient (Wildman–Crippen LogP) is 3.06. The second-order valence-electron chi connectivity index (χ2n) is 7.16. The normalized spacial score (nSPS) is 38.0. The second kappa shape index (κ2) is 6.51. The summed E-state index contributed by atoms with van der Waals surface area (Å²) in [6.45, 7) is 5.51. The highest BCUT2D eigenvalue weighted by Crippen LogP contribution is 2.49. The zero-order valence-corrected chi connectivity index (χ0v) is 13.4. The molecule has 6 atom stereocenters. The number of fused-ring (bicyclic) bond motifs is 1. The summed E-state index contributed by atoms with van der Waals surface area (Å²) in [6.07, 6.45) is 0.939. The van der Waals surface area contributed by atoms with Crippen molar-refractivity contribution in [2.75, 3.05) is 6.61 Å². The third kappa shape index (κ3) is 2.97. The van der Waals surface area contributed by atoms with Gasteiger partial charge in [0.2, 0.25) is 0 Å². The molecule has 120 valence electrons. The second-order valence-corrected chi connectivity index (χ2v) is 7.16. The van der Waals surface area contributed by atoms with E-state index >= 15 is 0 Å². The minimum Gasteiger partial charge on any atom is -0.393 e. The highest BCUT2D eigenvalue weighted by molar-refractivity contribution is 5.84. The summed E-state index contributed by atoms with van der Waals surface area (Å²) in [7, 11) is 0. The Hall–Kier alpha value is -1.19. The van der Waals surface area contributed by atoms with Crippen LogP contribution in [0.2, 0.25) is 0 Å². The predicted molar refractivity (Wildman–Crippen MR) is 85.1 cm³/mol. The van der Waals surface area contributed by atoms with Gasteiger partial charge in [-0.2, -0.15) is 0 Å². The summed E-state index contributed by atoms with van der Waals surface area (Å²) >= 11 is 0. The average Bonchev–Trinajstić information content (AvgIpc) is 2.78. The molecular formula is C19H26O3. The molecule has 3 rings (SSSR count). The maximum atomic E-state index is 12.2. The van der Waals surface area contributed by atoms with Crippen molar-refractivity contribution in [1.29, 1.82) is 0 Å². The van der Waals surface area contributed by atoms with Crippen molar-refractivity contribution in [2.45, 2.75) is 39.4 Å². The van der Waals surface area contributed by atoms with Crippen molar-refractivity contribution in [3.8, 4) is 0 Å². The van der Waals surface area contributed by atoms with Crippen LogP contribution in [-0.2, 0) is 16.1 Å². The van der Waals surface area contributed by atoms with Crippen LogP contribution < -0.4 is 0 Å². The number of Topliss-reactive ketones (excluding diaryl/α,β-unsaturated/α-hetero) is 1. The number of hydrogen-bond acceptors (Lipinski definition) is 3. The van der Waals surface area contributed by atoms with Gasteiger partial charge in [-0.05, 0) is 35.7 Å². The summed E-state index contributed by atoms with van der Waals surface area (Å²) in [5, 5.41) is 10.3. The average molecular weight is 302 g/mol. The third-order valence-electron chi connectivity index (χ3n) is 5.75. The first-order chi connectivity index (χ1) is 10.6. The lowest BCUT2D eigenvalue weighted by atomic mass is 9.65. The summed E-state index contributed by atoms with van der Waals surface area (Å²) in [4.78, 5) is 12.2. The molecule has 0 radical (unpaired) electrons. The molecule has 3 nitrogen and oxygen atoms in total. The summed E-state index contributed by atoms with van der Waals surface area (Å²) < 4.78 is 5.95. The van der Waals surface area contributed by atoms with Gasteiger partial charge in [0.25, 0.3) is 0 Å². The van der Waals surface area contributed by atoms with Gasteiger partial charge in [-0.15, -0.1) is 0 Å². The fraction of sp³-hybridized carbons (Fsp3) is 0.632. The molecule has 2 aliphatic rings. The van der Waals surface area contributed by atoms with E-state index in [1.54, 1.807) is 0 Å². The highest BCUT2D eigenvalue weighted by Gasteiger charge is 2.51. The van der Waals surface area contributed by atoms with Crippen LogP contribution in [0.25, 0.3) is 0 Å². The van der Waals surface area contributed by atoms with Crippen molar-refractivity contribution >= 4 is 5.78 Å². The summed E-state index contributed by atoms with van der Waals surface area (Å²) in [5.41, 5.74) is 1.17. The standard InChI is InChI=1S/C19H26O3/c1-12-8-18(21)15-9-17(20)13(2)16(19(12)15)11-22-10-14-6-4-3-5-7-14/h3-7,12-13,15-17,19-20H,8-11H2,1-2H3/t12-,13-,15-,16-,17+,19+/m0/s1. The van der Waals surface area contributed by atoms with Gasteiger partial charge in [0.15, 0.2) is 0 Å². The summed E-state index contributed by atoms with van der Waals surface area (Å²) in [5.74, 6) is 1.66. The van der Waals surface area contributed by atoms with E-state index in [1.165, 1.54) is 5.56 Å². The van der Waals surface area contributed by atoms with Crippen LogP contribution in [0.15, 0.2) is 30.3 Å². The molecule has 2 saturated carbocycles. The Labute approximate surface area is 132 Å². The number of aliphatic hydroxyl groups is 1. The minimum atomic E-state index is -0.374. The molecule has 1 aromatic carbocycles. The van der Waals surface area contributed by atoms with Crippen LogP contribution in [0.3, 0.4) is 0 Å².